The van der Waals surface area contributed by atoms with E-state index in [1.54, 1.807) is 18.5 Å². The number of likely N-dealkylation sites (tertiary alicyclic amines) is 1. The molecule has 0 saturated carbocycles. The molecule has 0 radical (unpaired) electrons. The van der Waals surface area contributed by atoms with Crippen LogP contribution < -0.4 is 5.32 Å². The predicted octanol–water partition coefficient (Wildman–Crippen LogP) is 4.83. The number of hydrogen-bond donors (Lipinski definition) is 2. The Kier molecular flexibility index (Phi) is 8.77. The first-order chi connectivity index (χ1) is 18.5. The summed E-state index contributed by atoms with van der Waals surface area (Å²) in [6.45, 7) is 2.44. The van der Waals surface area contributed by atoms with Crippen molar-refractivity contribution in [3.63, 3.8) is 0 Å². The molecule has 3 heterocycles. The smallest absolute Gasteiger partial charge is 0.338 e. The quantitative estimate of drug-likeness (QED) is 0.339. The lowest BCUT2D eigenvalue weighted by Crippen LogP contribution is -2.49. The zero-order valence-corrected chi connectivity index (χ0v) is 22.7. The number of amidine groups is 1. The van der Waals surface area contributed by atoms with Crippen LogP contribution >= 0.6 is 22.9 Å². The number of halogens is 4. The summed E-state index contributed by atoms with van der Waals surface area (Å²) in [7, 11) is 0. The van der Waals surface area contributed by atoms with Gasteiger partial charge in [-0.15, -0.1) is 11.3 Å². The zero-order valence-electron chi connectivity index (χ0n) is 21.1. The molecule has 8 nitrogen and oxygen atoms in total. The van der Waals surface area contributed by atoms with Crippen LogP contribution in [-0.2, 0) is 14.3 Å². The lowest BCUT2D eigenvalue weighted by atomic mass is 9.92. The van der Waals surface area contributed by atoms with Crippen LogP contribution in [0.15, 0.2) is 57.7 Å². The number of ether oxygens (including phenoxy) is 1. The molecule has 2 atom stereocenters. The van der Waals surface area contributed by atoms with Crippen molar-refractivity contribution in [3.05, 3.63) is 74.1 Å². The summed E-state index contributed by atoms with van der Waals surface area (Å²) in [5.74, 6) is -6.01. The number of nitrogens with zero attached hydrogens (tertiary/aromatic N) is 3. The standard InChI is InChI=1S/C26H26ClF3N4O4S/c1-3-38-25(37)20-19(12-34-11-15(8-14(2)24(35)36)10-26(29,30)13-34)32-22(23-31-6-7-39-23)33-21(20)17-5-4-16(28)9-18(17)27/h4-9,15,21H,3,10-13H2,1-2H3,(H,32,33)(H,35,36)/b14-8+/t15-,21-/m0/s1. The molecule has 1 aromatic heterocycles. The Morgan fingerprint density at radius 3 is 2.79 bits per heavy atom. The Morgan fingerprint density at radius 1 is 1.38 bits per heavy atom. The maximum absolute atomic E-state index is 14.8. The van der Waals surface area contributed by atoms with Gasteiger partial charge in [-0.1, -0.05) is 23.7 Å². The number of piperidine rings is 1. The molecular formula is C26H26ClF3N4O4S. The minimum absolute atomic E-state index is 0.0240. The highest BCUT2D eigenvalue weighted by atomic mass is 35.5. The van der Waals surface area contributed by atoms with Crippen molar-refractivity contribution in [3.8, 4) is 0 Å². The van der Waals surface area contributed by atoms with Gasteiger partial charge in [0.25, 0.3) is 5.92 Å². The number of alkyl halides is 2. The Hall–Kier alpha value is -3.22. The number of hydrogen-bond acceptors (Lipinski definition) is 8. The molecule has 0 aliphatic carbocycles. The van der Waals surface area contributed by atoms with Crippen molar-refractivity contribution in [2.24, 2.45) is 10.9 Å². The van der Waals surface area contributed by atoms with Crippen LogP contribution in [0.2, 0.25) is 5.02 Å². The van der Waals surface area contributed by atoms with Gasteiger partial charge in [-0.3, -0.25) is 9.89 Å². The lowest BCUT2D eigenvalue weighted by Gasteiger charge is -2.38. The molecular weight excluding hydrogens is 557 g/mol. The molecule has 4 rings (SSSR count). The van der Waals surface area contributed by atoms with Gasteiger partial charge in [0.1, 0.15) is 11.9 Å². The number of carbonyl (C=O) groups is 2. The van der Waals surface area contributed by atoms with Gasteiger partial charge in [0.2, 0.25) is 0 Å². The van der Waals surface area contributed by atoms with Gasteiger partial charge in [-0.25, -0.2) is 27.7 Å². The van der Waals surface area contributed by atoms with Gasteiger partial charge >= 0.3 is 11.9 Å². The summed E-state index contributed by atoms with van der Waals surface area (Å²) in [5.41, 5.74) is 0.614. The number of rotatable bonds is 8. The fraction of sp³-hybridized carbons (Fsp3) is 0.385. The first-order valence-electron chi connectivity index (χ1n) is 12.1. The third kappa shape index (κ3) is 6.87. The van der Waals surface area contributed by atoms with Crippen LogP contribution in [0.3, 0.4) is 0 Å². The van der Waals surface area contributed by atoms with Crippen molar-refractivity contribution < 1.29 is 32.6 Å². The number of carboxylic acids is 1. The van der Waals surface area contributed by atoms with Gasteiger partial charge < -0.3 is 15.2 Å². The topological polar surface area (TPSA) is 104 Å². The third-order valence-electron chi connectivity index (χ3n) is 6.23. The highest BCUT2D eigenvalue weighted by molar-refractivity contribution is 7.11. The summed E-state index contributed by atoms with van der Waals surface area (Å²) in [5, 5.41) is 14.6. The van der Waals surface area contributed by atoms with E-state index in [9.17, 15) is 27.9 Å². The number of aromatic nitrogens is 1. The normalized spacial score (nSPS) is 21.8. The lowest BCUT2D eigenvalue weighted by molar-refractivity contribution is -0.139. The van der Waals surface area contributed by atoms with Gasteiger partial charge in [0, 0.05) is 52.9 Å². The van der Waals surface area contributed by atoms with E-state index in [-0.39, 0.29) is 41.6 Å². The molecule has 1 aromatic carbocycles. The fourth-order valence-corrected chi connectivity index (χ4v) is 5.54. The van der Waals surface area contributed by atoms with Crippen LogP contribution in [0.5, 0.6) is 0 Å². The van der Waals surface area contributed by atoms with Crippen LogP contribution in [-0.4, -0.2) is 64.9 Å². The van der Waals surface area contributed by atoms with Crippen LogP contribution in [0.25, 0.3) is 0 Å². The van der Waals surface area contributed by atoms with Gasteiger partial charge in [-0.2, -0.15) is 0 Å². The minimum atomic E-state index is -3.09. The second kappa shape index (κ2) is 11.9. The maximum atomic E-state index is 14.8. The molecule has 2 aliphatic heterocycles. The number of aliphatic imine (C=N–C) groups is 1. The zero-order chi connectivity index (χ0) is 28.3. The van der Waals surface area contributed by atoms with E-state index in [4.69, 9.17) is 16.3 Å². The summed E-state index contributed by atoms with van der Waals surface area (Å²) in [6.07, 6.45) is 2.41. The molecule has 0 spiro atoms. The van der Waals surface area contributed by atoms with Crippen LogP contribution in [0, 0.1) is 11.7 Å². The second-order valence-corrected chi connectivity index (χ2v) is 10.6. The van der Waals surface area contributed by atoms with E-state index in [1.807, 2.05) is 0 Å². The summed E-state index contributed by atoms with van der Waals surface area (Å²) in [4.78, 5) is 34.9. The molecule has 208 valence electrons. The molecule has 39 heavy (non-hydrogen) atoms. The number of thiazole rings is 1. The van der Waals surface area contributed by atoms with Gasteiger partial charge in [0.15, 0.2) is 10.8 Å². The Bertz CT molecular complexity index is 1350. The van der Waals surface area contributed by atoms with Crippen LogP contribution in [0.4, 0.5) is 13.2 Å². The first kappa shape index (κ1) is 28.8. The van der Waals surface area contributed by atoms with Crippen molar-refractivity contribution in [1.29, 1.82) is 0 Å². The molecule has 1 fully saturated rings. The average Bonchev–Trinajstić information content (AvgIpc) is 3.38. The highest BCUT2D eigenvalue weighted by Crippen LogP contribution is 2.38. The van der Waals surface area contributed by atoms with Gasteiger partial charge in [-0.05, 0) is 31.9 Å². The number of carboxylic acid groups (broad SMARTS) is 1. The van der Waals surface area contributed by atoms with Gasteiger partial charge in [0.05, 0.1) is 18.7 Å². The Balaban J connectivity index is 1.78. The van der Waals surface area contributed by atoms with E-state index in [1.165, 1.54) is 41.4 Å². The van der Waals surface area contributed by atoms with E-state index in [0.717, 1.165) is 6.07 Å². The summed E-state index contributed by atoms with van der Waals surface area (Å²) >= 11 is 7.65. The van der Waals surface area contributed by atoms with Crippen molar-refractivity contribution >= 4 is 40.7 Å². The number of nitrogens with one attached hydrogen (secondary N) is 1. The molecule has 2 aromatic rings. The van der Waals surface area contributed by atoms with E-state index in [2.05, 4.69) is 15.3 Å². The minimum Gasteiger partial charge on any atom is -0.478 e. The first-order valence-corrected chi connectivity index (χ1v) is 13.3. The van der Waals surface area contributed by atoms with E-state index >= 15 is 0 Å². The largest absolute Gasteiger partial charge is 0.478 e. The number of carbonyl (C=O) groups excluding carboxylic acids is 1. The monoisotopic (exact) mass is 582 g/mol. The molecule has 2 aliphatic rings. The van der Waals surface area contributed by atoms with Crippen molar-refractivity contribution in [1.82, 2.24) is 15.2 Å². The molecule has 1 saturated heterocycles. The molecule has 2 N–H and O–H groups in total. The Labute approximate surface area is 231 Å². The highest BCUT2D eigenvalue weighted by Gasteiger charge is 2.41. The Morgan fingerprint density at radius 2 is 2.15 bits per heavy atom. The molecule has 0 unspecified atom stereocenters. The SMILES string of the molecule is CCOC(=O)C1=C(CN2C[C@@H](/C=C(\C)C(=O)O)CC(F)(F)C2)NC(c2nccs2)=N[C@H]1c1ccc(F)cc1Cl. The van der Waals surface area contributed by atoms with E-state index < -0.39 is 48.6 Å². The van der Waals surface area contributed by atoms with Crippen molar-refractivity contribution in [2.75, 3.05) is 26.2 Å². The summed E-state index contributed by atoms with van der Waals surface area (Å²) in [6, 6.07) is 2.68. The average molecular weight is 583 g/mol. The number of benzene rings is 1. The second-order valence-electron chi connectivity index (χ2n) is 9.27. The summed E-state index contributed by atoms with van der Waals surface area (Å²) < 4.78 is 48.7. The van der Waals surface area contributed by atoms with E-state index in [0.29, 0.717) is 16.4 Å². The molecule has 0 bridgehead atoms. The number of esters is 1. The molecule has 13 heteroatoms. The predicted molar refractivity (Wildman–Crippen MR) is 140 cm³/mol. The van der Waals surface area contributed by atoms with Crippen molar-refractivity contribution in [2.45, 2.75) is 32.2 Å². The third-order valence-corrected chi connectivity index (χ3v) is 7.33. The maximum Gasteiger partial charge on any atom is 0.338 e. The number of aliphatic carboxylic acids is 1. The van der Waals surface area contributed by atoms with Crippen LogP contribution in [0.1, 0.15) is 36.9 Å². The molecule has 0 amide bonds. The fourth-order valence-electron chi connectivity index (χ4n) is 4.68.